The van der Waals surface area contributed by atoms with Crippen LogP contribution in [0.1, 0.15) is 129 Å². The lowest BCUT2D eigenvalue weighted by Crippen LogP contribution is -2.60. The Morgan fingerprint density at radius 3 is 1.55 bits per heavy atom. The number of ether oxygens (including phenoxy) is 4. The SMILES string of the molecule is CC/C=C/C/C=C/C/C=C/C/C=C/CCCCC(=O)O[C@H](COC(=O)CCC/C=C/C/C=C/C/C=C/C/C=C/CCCCC)CO[C@H]1O[C@H](CS(=O)(=O)O)[C@@H](O)C(O)C1O. The van der Waals surface area contributed by atoms with Crippen LogP contribution in [-0.2, 0) is 38.7 Å². The van der Waals surface area contributed by atoms with Crippen LogP contribution in [0.4, 0.5) is 0 Å². The molecule has 0 bridgehead atoms. The predicted molar refractivity (Wildman–Crippen MR) is 237 cm³/mol. The molecule has 1 fully saturated rings. The molecular formula is C47H74O12S. The monoisotopic (exact) mass is 862 g/mol. The fourth-order valence-electron chi connectivity index (χ4n) is 5.78. The molecule has 0 saturated carbocycles. The van der Waals surface area contributed by atoms with Crippen LogP contribution in [0.2, 0.25) is 0 Å². The van der Waals surface area contributed by atoms with Crippen molar-refractivity contribution >= 4 is 22.1 Å². The van der Waals surface area contributed by atoms with E-state index in [9.17, 15) is 37.9 Å². The van der Waals surface area contributed by atoms with Crippen LogP contribution in [0.3, 0.4) is 0 Å². The summed E-state index contributed by atoms with van der Waals surface area (Å²) in [4.78, 5) is 25.3. The normalized spacial score (nSPS) is 21.1. The van der Waals surface area contributed by atoms with E-state index in [-0.39, 0.29) is 19.4 Å². The maximum absolute atomic E-state index is 12.8. The third-order valence-electron chi connectivity index (χ3n) is 9.15. The van der Waals surface area contributed by atoms with E-state index in [2.05, 4.69) is 98.9 Å². The zero-order valence-corrected chi connectivity index (χ0v) is 36.8. The van der Waals surface area contributed by atoms with Gasteiger partial charge in [0.15, 0.2) is 12.4 Å². The highest BCUT2D eigenvalue weighted by atomic mass is 32.2. The van der Waals surface area contributed by atoms with E-state index in [0.717, 1.165) is 64.2 Å². The summed E-state index contributed by atoms with van der Waals surface area (Å²) in [6.45, 7) is 3.51. The second-order valence-electron chi connectivity index (χ2n) is 14.6. The molecule has 1 rings (SSSR count). The van der Waals surface area contributed by atoms with Gasteiger partial charge in [0.25, 0.3) is 10.1 Å². The van der Waals surface area contributed by atoms with E-state index in [1.807, 2.05) is 12.2 Å². The van der Waals surface area contributed by atoms with Gasteiger partial charge in [-0.3, -0.25) is 14.1 Å². The molecule has 0 aromatic rings. The molecule has 1 aliphatic heterocycles. The largest absolute Gasteiger partial charge is 0.462 e. The number of unbranched alkanes of at least 4 members (excludes halogenated alkanes) is 6. The van der Waals surface area contributed by atoms with Crippen molar-refractivity contribution in [2.75, 3.05) is 19.0 Å². The van der Waals surface area contributed by atoms with Crippen LogP contribution < -0.4 is 0 Å². The van der Waals surface area contributed by atoms with Gasteiger partial charge in [-0.25, -0.2) is 0 Å². The number of hydrogen-bond donors (Lipinski definition) is 4. The summed E-state index contributed by atoms with van der Waals surface area (Å²) in [5, 5.41) is 30.8. The molecule has 0 amide bonds. The molecule has 0 aromatic heterocycles. The van der Waals surface area contributed by atoms with E-state index < -0.39 is 71.2 Å². The van der Waals surface area contributed by atoms with Crippen molar-refractivity contribution in [3.05, 3.63) is 97.2 Å². The first-order valence-electron chi connectivity index (χ1n) is 21.8. The van der Waals surface area contributed by atoms with Gasteiger partial charge in [-0.15, -0.1) is 0 Å². The fraction of sp³-hybridized carbons (Fsp3) is 0.617. The Morgan fingerprint density at radius 1 is 0.583 bits per heavy atom. The van der Waals surface area contributed by atoms with Crippen LogP contribution in [0, 0.1) is 0 Å². The summed E-state index contributed by atoms with van der Waals surface area (Å²) in [7, 11) is -4.62. The molecule has 60 heavy (non-hydrogen) atoms. The van der Waals surface area contributed by atoms with Crippen LogP contribution in [-0.4, -0.2) is 96.0 Å². The molecule has 0 spiro atoms. The minimum atomic E-state index is -4.62. The van der Waals surface area contributed by atoms with Gasteiger partial charge in [-0.1, -0.05) is 124 Å². The van der Waals surface area contributed by atoms with E-state index in [1.54, 1.807) is 0 Å². The fourth-order valence-corrected chi connectivity index (χ4v) is 6.47. The Morgan fingerprint density at radius 2 is 1.05 bits per heavy atom. The third-order valence-corrected chi connectivity index (χ3v) is 9.90. The maximum atomic E-state index is 12.8. The lowest BCUT2D eigenvalue weighted by Gasteiger charge is -2.40. The summed E-state index contributed by atoms with van der Waals surface area (Å²) in [5.41, 5.74) is 0. The van der Waals surface area contributed by atoms with E-state index in [1.165, 1.54) is 19.3 Å². The number of carbonyl (C=O) groups excluding carboxylic acids is 2. The molecule has 2 unspecified atom stereocenters. The van der Waals surface area contributed by atoms with Crippen molar-refractivity contribution in [1.29, 1.82) is 0 Å². The standard InChI is InChI=1S/C47H74O12S/c1-3-5-7-9-11-13-15-17-19-20-22-23-25-27-29-31-33-35-42(48)56-37-40(38-57-47-46(52)45(51)44(50)41(59-47)39-60(53,54)55)58-43(49)36-34-32-30-28-26-24-21-18-16-14-12-10-8-6-4-2/h6,8,11-14,17-19,21-23,26-29,40-41,44-47,50-52H,3-5,7,9-10,15-16,20,24-25,30-39H2,1-2H3,(H,53,54,55)/b8-6+,13-11+,14-12+,19-17+,21-18+,23-22+,28-26+,29-27+/t40-,41-,44-,45?,46?,47+/m1/s1. The Kier molecular flexibility index (Phi) is 33.0. The molecule has 0 aliphatic carbocycles. The van der Waals surface area contributed by atoms with Crippen LogP contribution in [0.5, 0.6) is 0 Å². The number of allylic oxidation sites excluding steroid dienone is 16. The van der Waals surface area contributed by atoms with Gasteiger partial charge in [0, 0.05) is 12.8 Å². The molecule has 4 N–H and O–H groups in total. The van der Waals surface area contributed by atoms with Crippen molar-refractivity contribution in [2.45, 2.75) is 166 Å². The first-order valence-corrected chi connectivity index (χ1v) is 23.4. The van der Waals surface area contributed by atoms with Crippen molar-refractivity contribution in [2.24, 2.45) is 0 Å². The number of carbonyl (C=O) groups is 2. The Labute approximate surface area is 360 Å². The first-order chi connectivity index (χ1) is 29.0. The van der Waals surface area contributed by atoms with Gasteiger partial charge in [-0.05, 0) is 89.9 Å². The molecule has 1 heterocycles. The number of hydrogen-bond acceptors (Lipinski definition) is 11. The molecule has 0 aromatic carbocycles. The van der Waals surface area contributed by atoms with Gasteiger partial charge in [0.1, 0.15) is 36.8 Å². The van der Waals surface area contributed by atoms with Crippen LogP contribution in [0.15, 0.2) is 97.2 Å². The van der Waals surface area contributed by atoms with E-state index >= 15 is 0 Å². The minimum Gasteiger partial charge on any atom is -0.462 e. The van der Waals surface area contributed by atoms with E-state index in [0.29, 0.717) is 19.3 Å². The molecule has 6 atom stereocenters. The molecule has 1 aliphatic rings. The van der Waals surface area contributed by atoms with Gasteiger partial charge in [0.2, 0.25) is 0 Å². The highest BCUT2D eigenvalue weighted by molar-refractivity contribution is 7.85. The third kappa shape index (κ3) is 30.6. The lowest BCUT2D eigenvalue weighted by molar-refractivity contribution is -0.297. The highest BCUT2D eigenvalue weighted by Crippen LogP contribution is 2.24. The van der Waals surface area contributed by atoms with Crippen LogP contribution in [0.25, 0.3) is 0 Å². The van der Waals surface area contributed by atoms with Gasteiger partial charge >= 0.3 is 11.9 Å². The number of esters is 2. The summed E-state index contributed by atoms with van der Waals surface area (Å²) in [6, 6.07) is 0. The van der Waals surface area contributed by atoms with Gasteiger partial charge in [-0.2, -0.15) is 8.42 Å². The van der Waals surface area contributed by atoms with Crippen molar-refractivity contribution < 1.29 is 56.8 Å². The Hall–Kier alpha value is -3.43. The zero-order valence-electron chi connectivity index (χ0n) is 36.0. The van der Waals surface area contributed by atoms with Crippen LogP contribution >= 0.6 is 0 Å². The van der Waals surface area contributed by atoms with Crippen molar-refractivity contribution in [3.63, 3.8) is 0 Å². The second kappa shape index (κ2) is 36.2. The molecule has 340 valence electrons. The lowest BCUT2D eigenvalue weighted by atomic mass is 10.00. The predicted octanol–water partition coefficient (Wildman–Crippen LogP) is 8.66. The first kappa shape index (κ1) is 54.6. The van der Waals surface area contributed by atoms with E-state index in [4.69, 9.17) is 18.9 Å². The summed E-state index contributed by atoms with van der Waals surface area (Å²) in [6.07, 6.45) is 38.9. The average Bonchev–Trinajstić information content (AvgIpc) is 3.21. The average molecular weight is 863 g/mol. The molecule has 12 nitrogen and oxygen atoms in total. The van der Waals surface area contributed by atoms with Crippen molar-refractivity contribution in [3.8, 4) is 0 Å². The maximum Gasteiger partial charge on any atom is 0.306 e. The number of aliphatic hydroxyl groups is 3. The molecule has 0 radical (unpaired) electrons. The summed E-state index contributed by atoms with van der Waals surface area (Å²) in [5.74, 6) is -2.13. The van der Waals surface area contributed by atoms with Crippen molar-refractivity contribution in [1.82, 2.24) is 0 Å². The smallest absolute Gasteiger partial charge is 0.306 e. The topological polar surface area (TPSA) is 186 Å². The highest BCUT2D eigenvalue weighted by Gasteiger charge is 2.46. The number of rotatable bonds is 34. The molecule has 13 heteroatoms. The summed E-state index contributed by atoms with van der Waals surface area (Å²) >= 11 is 0. The number of aliphatic hydroxyl groups excluding tert-OH is 3. The second-order valence-corrected chi connectivity index (χ2v) is 16.1. The Bertz CT molecular complexity index is 1480. The summed E-state index contributed by atoms with van der Waals surface area (Å²) < 4.78 is 53.9. The molecular weight excluding hydrogens is 789 g/mol. The zero-order chi connectivity index (χ0) is 44.1. The quantitative estimate of drug-likeness (QED) is 0.0209. The van der Waals surface area contributed by atoms with Gasteiger partial charge < -0.3 is 34.3 Å². The van der Waals surface area contributed by atoms with Gasteiger partial charge in [0.05, 0.1) is 6.61 Å². The minimum absolute atomic E-state index is 0.0942. The molecule has 1 saturated heterocycles. The Balaban J connectivity index is 2.55.